The van der Waals surface area contributed by atoms with Crippen LogP contribution in [0.5, 0.6) is 5.75 Å². The third kappa shape index (κ3) is 3.89. The van der Waals surface area contributed by atoms with Gasteiger partial charge in [-0.05, 0) is 49.7 Å². The van der Waals surface area contributed by atoms with E-state index in [4.69, 9.17) is 16.3 Å². The lowest BCUT2D eigenvalue weighted by Crippen LogP contribution is -2.14. The molecule has 6 heteroatoms. The van der Waals surface area contributed by atoms with Gasteiger partial charge in [0.25, 0.3) is 10.0 Å². The Morgan fingerprint density at radius 2 is 1.95 bits per heavy atom. The van der Waals surface area contributed by atoms with Gasteiger partial charge in [-0.1, -0.05) is 23.7 Å². The van der Waals surface area contributed by atoms with Crippen molar-refractivity contribution >= 4 is 27.3 Å². The molecule has 0 heterocycles. The number of halogens is 1. The molecule has 2 aromatic carbocycles. The minimum atomic E-state index is -3.76. The minimum absolute atomic E-state index is 0.0263. The molecule has 0 aliphatic heterocycles. The van der Waals surface area contributed by atoms with Crippen molar-refractivity contribution in [1.29, 1.82) is 0 Å². The predicted octanol–water partition coefficient (Wildman–Crippen LogP) is 3.85. The summed E-state index contributed by atoms with van der Waals surface area (Å²) in [6.07, 6.45) is 0. The summed E-state index contributed by atoms with van der Waals surface area (Å²) >= 11 is 5.90. The Labute approximate surface area is 129 Å². The Hall–Kier alpha value is -1.72. The average molecular weight is 326 g/mol. The zero-order valence-electron chi connectivity index (χ0n) is 11.8. The van der Waals surface area contributed by atoms with E-state index in [0.29, 0.717) is 17.3 Å². The molecule has 0 saturated heterocycles. The average Bonchev–Trinajstić information content (AvgIpc) is 2.40. The van der Waals surface area contributed by atoms with Gasteiger partial charge in [0, 0.05) is 10.7 Å². The molecule has 0 saturated carbocycles. The van der Waals surface area contributed by atoms with Crippen LogP contribution in [0.15, 0.2) is 47.4 Å². The number of hydrogen-bond acceptors (Lipinski definition) is 3. The zero-order valence-corrected chi connectivity index (χ0v) is 13.3. The molecule has 4 nitrogen and oxygen atoms in total. The minimum Gasteiger partial charge on any atom is -0.492 e. The molecule has 2 rings (SSSR count). The van der Waals surface area contributed by atoms with Gasteiger partial charge < -0.3 is 4.74 Å². The maximum Gasteiger partial charge on any atom is 0.265 e. The molecule has 0 aliphatic rings. The second-order valence-corrected chi connectivity index (χ2v) is 6.59. The van der Waals surface area contributed by atoms with Crippen LogP contribution in [0.4, 0.5) is 5.69 Å². The number of nitrogens with one attached hydrogen (secondary N) is 1. The van der Waals surface area contributed by atoms with Crippen molar-refractivity contribution in [1.82, 2.24) is 0 Å². The van der Waals surface area contributed by atoms with Crippen LogP contribution in [0.1, 0.15) is 12.5 Å². The van der Waals surface area contributed by atoms with Crippen LogP contribution >= 0.6 is 11.6 Å². The van der Waals surface area contributed by atoms with E-state index in [0.717, 1.165) is 5.56 Å². The lowest BCUT2D eigenvalue weighted by Gasteiger charge is -2.13. The maximum atomic E-state index is 12.5. The van der Waals surface area contributed by atoms with Crippen LogP contribution in [0.25, 0.3) is 0 Å². The fraction of sp³-hybridized carbons (Fsp3) is 0.200. The summed E-state index contributed by atoms with van der Waals surface area (Å²) in [5.41, 5.74) is 1.46. The van der Waals surface area contributed by atoms with Crippen LogP contribution < -0.4 is 9.46 Å². The molecule has 0 aromatic heterocycles. The van der Waals surface area contributed by atoms with E-state index in [1.54, 1.807) is 37.3 Å². The lowest BCUT2D eigenvalue weighted by molar-refractivity contribution is 0.331. The first kappa shape index (κ1) is 15.7. The first-order chi connectivity index (χ1) is 9.92. The quantitative estimate of drug-likeness (QED) is 0.908. The Balaban J connectivity index is 2.41. The molecule has 21 heavy (non-hydrogen) atoms. The molecular formula is C15H16ClNO3S. The topological polar surface area (TPSA) is 55.4 Å². The van der Waals surface area contributed by atoms with Crippen LogP contribution in [-0.4, -0.2) is 15.0 Å². The number of anilines is 1. The van der Waals surface area contributed by atoms with E-state index in [1.807, 2.05) is 13.0 Å². The van der Waals surface area contributed by atoms with E-state index >= 15 is 0 Å². The SMILES string of the molecule is CCOc1ccc(Cl)cc1S(=O)(=O)Nc1cccc(C)c1. The Bertz CT molecular complexity index is 744. The van der Waals surface area contributed by atoms with Crippen LogP contribution in [0.2, 0.25) is 5.02 Å². The number of hydrogen-bond donors (Lipinski definition) is 1. The molecule has 0 spiro atoms. The Kier molecular flexibility index (Phi) is 4.75. The fourth-order valence-corrected chi connectivity index (χ4v) is 3.34. The third-order valence-electron chi connectivity index (χ3n) is 2.77. The molecule has 0 atom stereocenters. The highest BCUT2D eigenvalue weighted by Gasteiger charge is 2.20. The monoisotopic (exact) mass is 325 g/mol. The van der Waals surface area contributed by atoms with Crippen molar-refractivity contribution in [2.75, 3.05) is 11.3 Å². The van der Waals surface area contributed by atoms with Gasteiger partial charge in [0.2, 0.25) is 0 Å². The van der Waals surface area contributed by atoms with Gasteiger partial charge >= 0.3 is 0 Å². The van der Waals surface area contributed by atoms with Crippen molar-refractivity contribution in [2.45, 2.75) is 18.7 Å². The number of aryl methyl sites for hydroxylation is 1. The van der Waals surface area contributed by atoms with E-state index in [1.165, 1.54) is 6.07 Å². The molecule has 1 N–H and O–H groups in total. The number of ether oxygens (including phenoxy) is 1. The first-order valence-corrected chi connectivity index (χ1v) is 8.30. The first-order valence-electron chi connectivity index (χ1n) is 6.44. The van der Waals surface area contributed by atoms with Crippen LogP contribution in [-0.2, 0) is 10.0 Å². The summed E-state index contributed by atoms with van der Waals surface area (Å²) in [7, 11) is -3.76. The molecule has 0 aliphatic carbocycles. The zero-order chi connectivity index (χ0) is 15.5. The van der Waals surface area contributed by atoms with Crippen molar-refractivity contribution in [3.63, 3.8) is 0 Å². The molecule has 0 fully saturated rings. The van der Waals surface area contributed by atoms with Crippen molar-refractivity contribution in [3.8, 4) is 5.75 Å². The van der Waals surface area contributed by atoms with Crippen molar-refractivity contribution in [3.05, 3.63) is 53.1 Å². The number of benzene rings is 2. The summed E-state index contributed by atoms with van der Waals surface area (Å²) in [6, 6.07) is 11.6. The molecular weight excluding hydrogens is 310 g/mol. The summed E-state index contributed by atoms with van der Waals surface area (Å²) in [5.74, 6) is 0.280. The van der Waals surface area contributed by atoms with E-state index < -0.39 is 10.0 Å². The molecule has 2 aromatic rings. The number of sulfonamides is 1. The van der Waals surface area contributed by atoms with Crippen LogP contribution in [0.3, 0.4) is 0 Å². The third-order valence-corrected chi connectivity index (χ3v) is 4.40. The largest absolute Gasteiger partial charge is 0.492 e. The molecule has 0 amide bonds. The van der Waals surface area contributed by atoms with Gasteiger partial charge in [0.1, 0.15) is 10.6 Å². The highest BCUT2D eigenvalue weighted by Crippen LogP contribution is 2.29. The molecule has 112 valence electrons. The second-order valence-electron chi connectivity index (χ2n) is 4.50. The Morgan fingerprint density at radius 1 is 1.19 bits per heavy atom. The van der Waals surface area contributed by atoms with Gasteiger partial charge in [0.05, 0.1) is 6.61 Å². The maximum absolute atomic E-state index is 12.5. The second kappa shape index (κ2) is 6.37. The van der Waals surface area contributed by atoms with Gasteiger partial charge in [-0.2, -0.15) is 0 Å². The standard InChI is InChI=1S/C15H16ClNO3S/c1-3-20-14-8-7-12(16)10-15(14)21(18,19)17-13-6-4-5-11(2)9-13/h4-10,17H,3H2,1-2H3. The van der Waals surface area contributed by atoms with Gasteiger partial charge in [-0.25, -0.2) is 8.42 Å². The van der Waals surface area contributed by atoms with Crippen molar-refractivity contribution < 1.29 is 13.2 Å². The Morgan fingerprint density at radius 3 is 2.62 bits per heavy atom. The molecule has 0 bridgehead atoms. The smallest absolute Gasteiger partial charge is 0.265 e. The molecule has 0 radical (unpaired) electrons. The van der Waals surface area contributed by atoms with E-state index in [-0.39, 0.29) is 10.6 Å². The van der Waals surface area contributed by atoms with Crippen LogP contribution in [0, 0.1) is 6.92 Å². The predicted molar refractivity (Wildman–Crippen MR) is 84.6 cm³/mol. The summed E-state index contributed by atoms with van der Waals surface area (Å²) in [4.78, 5) is 0.0263. The molecule has 0 unspecified atom stereocenters. The summed E-state index contributed by atoms with van der Waals surface area (Å²) in [6.45, 7) is 4.05. The van der Waals surface area contributed by atoms with Gasteiger partial charge in [-0.15, -0.1) is 0 Å². The highest BCUT2D eigenvalue weighted by molar-refractivity contribution is 7.92. The van der Waals surface area contributed by atoms with E-state index in [2.05, 4.69) is 4.72 Å². The number of rotatable bonds is 5. The summed E-state index contributed by atoms with van der Waals surface area (Å²) < 4.78 is 32.9. The normalized spacial score (nSPS) is 11.2. The van der Waals surface area contributed by atoms with Crippen molar-refractivity contribution in [2.24, 2.45) is 0 Å². The van der Waals surface area contributed by atoms with Gasteiger partial charge in [0.15, 0.2) is 0 Å². The lowest BCUT2D eigenvalue weighted by atomic mass is 10.2. The fourth-order valence-electron chi connectivity index (χ4n) is 1.89. The highest BCUT2D eigenvalue weighted by atomic mass is 35.5. The van der Waals surface area contributed by atoms with E-state index in [9.17, 15) is 8.42 Å². The summed E-state index contributed by atoms with van der Waals surface area (Å²) in [5, 5.41) is 0.336. The van der Waals surface area contributed by atoms with Gasteiger partial charge in [-0.3, -0.25) is 4.72 Å².